The number of rotatable bonds is 45. The van der Waals surface area contributed by atoms with Gasteiger partial charge in [-0.2, -0.15) is 0 Å². The third-order valence-electron chi connectivity index (χ3n) is 11.1. The van der Waals surface area contributed by atoms with Gasteiger partial charge < -0.3 is 20.3 Å². The molecule has 0 fully saturated rings. The van der Waals surface area contributed by atoms with E-state index in [-0.39, 0.29) is 18.5 Å². The number of hydrogen-bond acceptors (Lipinski definition) is 5. The summed E-state index contributed by atoms with van der Waals surface area (Å²) in [5.41, 5.74) is 0. The van der Waals surface area contributed by atoms with Crippen LogP contribution in [0.4, 0.5) is 0 Å². The molecule has 0 aliphatic heterocycles. The number of hydrogen-bond donors (Lipinski definition) is 3. The van der Waals surface area contributed by atoms with Crippen molar-refractivity contribution in [3.63, 3.8) is 0 Å². The number of unbranched alkanes of at least 4 members (excludes halogenated alkanes) is 27. The number of carbonyl (C=O) groups is 2. The van der Waals surface area contributed by atoms with Crippen LogP contribution in [0.2, 0.25) is 0 Å². The van der Waals surface area contributed by atoms with E-state index in [0.29, 0.717) is 25.9 Å². The monoisotopic (exact) mass is 814 g/mol. The van der Waals surface area contributed by atoms with Crippen LogP contribution in [-0.2, 0) is 14.3 Å². The number of amides is 1. The van der Waals surface area contributed by atoms with Crippen molar-refractivity contribution in [3.8, 4) is 0 Å². The van der Waals surface area contributed by atoms with Crippen LogP contribution in [0.25, 0.3) is 0 Å². The molecule has 2 unspecified atom stereocenters. The molecule has 1 amide bonds. The average molecular weight is 814 g/mol. The highest BCUT2D eigenvalue weighted by Gasteiger charge is 2.20. The number of aliphatic hydroxyl groups excluding tert-OH is 2. The van der Waals surface area contributed by atoms with Crippen molar-refractivity contribution in [1.29, 1.82) is 0 Å². The molecule has 0 spiro atoms. The lowest BCUT2D eigenvalue weighted by Gasteiger charge is -2.22. The van der Waals surface area contributed by atoms with Crippen LogP contribution in [-0.4, -0.2) is 47.4 Å². The van der Waals surface area contributed by atoms with Gasteiger partial charge in [-0.25, -0.2) is 0 Å². The van der Waals surface area contributed by atoms with Gasteiger partial charge in [0.1, 0.15) is 0 Å². The van der Waals surface area contributed by atoms with Crippen LogP contribution >= 0.6 is 0 Å². The fourth-order valence-electron chi connectivity index (χ4n) is 7.23. The van der Waals surface area contributed by atoms with Crippen LogP contribution in [0, 0.1) is 0 Å². The van der Waals surface area contributed by atoms with Crippen molar-refractivity contribution in [2.24, 2.45) is 0 Å². The first-order chi connectivity index (χ1) is 28.5. The summed E-state index contributed by atoms with van der Waals surface area (Å²) in [4.78, 5) is 24.4. The molecule has 58 heavy (non-hydrogen) atoms. The molecule has 0 heterocycles. The number of carbonyl (C=O) groups excluding carboxylic acids is 2. The van der Waals surface area contributed by atoms with Gasteiger partial charge in [-0.1, -0.05) is 197 Å². The quantitative estimate of drug-likeness (QED) is 0.0246. The Balaban J connectivity index is 3.55. The van der Waals surface area contributed by atoms with Gasteiger partial charge in [0, 0.05) is 12.8 Å². The zero-order valence-corrected chi connectivity index (χ0v) is 38.3. The second-order valence-corrected chi connectivity index (χ2v) is 16.8. The molecule has 338 valence electrons. The Morgan fingerprint density at radius 1 is 0.500 bits per heavy atom. The topological polar surface area (TPSA) is 95.9 Å². The third kappa shape index (κ3) is 43.4. The predicted molar refractivity (Wildman–Crippen MR) is 250 cm³/mol. The molecule has 3 N–H and O–H groups in total. The summed E-state index contributed by atoms with van der Waals surface area (Å²) < 4.78 is 5.42. The molecule has 0 saturated heterocycles. The molecular weight excluding hydrogens is 719 g/mol. The Hall–Kier alpha value is -2.18. The number of ether oxygens (including phenoxy) is 1. The summed E-state index contributed by atoms with van der Waals surface area (Å²) in [6.07, 6.45) is 57.9. The van der Waals surface area contributed by atoms with Gasteiger partial charge in [-0.05, 0) is 83.5 Å². The Morgan fingerprint density at radius 2 is 0.931 bits per heavy atom. The molecule has 0 aliphatic carbocycles. The molecule has 6 nitrogen and oxygen atoms in total. The highest BCUT2D eigenvalue weighted by molar-refractivity contribution is 5.76. The molecule has 0 aromatic carbocycles. The Kier molecular flexibility index (Phi) is 45.7. The summed E-state index contributed by atoms with van der Waals surface area (Å²) >= 11 is 0. The van der Waals surface area contributed by atoms with Gasteiger partial charge in [0.05, 0.1) is 25.4 Å². The molecule has 0 aliphatic rings. The lowest BCUT2D eigenvalue weighted by atomic mass is 10.0. The van der Waals surface area contributed by atoms with Crippen molar-refractivity contribution in [2.75, 3.05) is 13.2 Å². The van der Waals surface area contributed by atoms with Crippen molar-refractivity contribution < 1.29 is 24.5 Å². The third-order valence-corrected chi connectivity index (χ3v) is 11.1. The molecule has 0 bridgehead atoms. The van der Waals surface area contributed by atoms with E-state index < -0.39 is 12.1 Å². The van der Waals surface area contributed by atoms with Crippen molar-refractivity contribution in [2.45, 2.75) is 257 Å². The highest BCUT2D eigenvalue weighted by Crippen LogP contribution is 2.15. The van der Waals surface area contributed by atoms with Crippen molar-refractivity contribution >= 4 is 11.9 Å². The standard InChI is InChI=1S/C52H95NO5/c1-3-5-7-9-11-13-15-17-22-26-30-34-38-42-46-52(57)58-47-43-39-35-31-27-23-20-18-19-21-25-29-33-37-41-45-51(56)53-49(48-54)50(55)44-40-36-32-28-24-16-14-12-10-8-6-4-2/h9,11,15,17-18,20,23,27,49-50,54-55H,3-8,10,12-14,16,19,21-22,24-26,28-48H2,1-2H3,(H,53,56)/b11-9-,17-15-,20-18-,27-23-. The molecule has 0 aromatic heterocycles. The molecule has 0 saturated carbocycles. The zero-order chi connectivity index (χ0) is 42.3. The molecule has 2 atom stereocenters. The number of aliphatic hydroxyl groups is 2. The highest BCUT2D eigenvalue weighted by atomic mass is 16.5. The van der Waals surface area contributed by atoms with Gasteiger partial charge in [-0.3, -0.25) is 9.59 Å². The van der Waals surface area contributed by atoms with E-state index in [1.54, 1.807) is 0 Å². The van der Waals surface area contributed by atoms with Gasteiger partial charge >= 0.3 is 5.97 Å². The van der Waals surface area contributed by atoms with E-state index in [4.69, 9.17) is 4.74 Å². The van der Waals surface area contributed by atoms with Gasteiger partial charge in [-0.15, -0.1) is 0 Å². The van der Waals surface area contributed by atoms with Gasteiger partial charge in [0.2, 0.25) is 5.91 Å². The summed E-state index contributed by atoms with van der Waals surface area (Å²) in [6.45, 7) is 4.83. The predicted octanol–water partition coefficient (Wildman–Crippen LogP) is 14.7. The second-order valence-electron chi connectivity index (χ2n) is 16.8. The largest absolute Gasteiger partial charge is 0.466 e. The minimum absolute atomic E-state index is 0.0373. The minimum atomic E-state index is -0.678. The smallest absolute Gasteiger partial charge is 0.305 e. The second kappa shape index (κ2) is 47.5. The maximum absolute atomic E-state index is 12.4. The lowest BCUT2D eigenvalue weighted by Crippen LogP contribution is -2.45. The first kappa shape index (κ1) is 55.8. The fraction of sp³-hybridized carbons (Fsp3) is 0.808. The van der Waals surface area contributed by atoms with Gasteiger partial charge in [0.25, 0.3) is 0 Å². The maximum Gasteiger partial charge on any atom is 0.305 e. The van der Waals surface area contributed by atoms with E-state index >= 15 is 0 Å². The SMILES string of the molecule is CCCC/C=C\C/C=C\CCCCCCCC(=O)OCCCCC/C=C\C=C/CCCCCCCCC(=O)NC(CO)C(O)CCCCCCCCCCCCCC. The summed E-state index contributed by atoms with van der Waals surface area (Å²) in [6, 6.07) is -0.558. The zero-order valence-electron chi connectivity index (χ0n) is 38.3. The summed E-state index contributed by atoms with van der Waals surface area (Å²) in [5.74, 6) is -0.0977. The normalized spacial score (nSPS) is 13.1. The Labute approximate surface area is 359 Å². The average Bonchev–Trinajstić information content (AvgIpc) is 3.22. The molecule has 6 heteroatoms. The van der Waals surface area contributed by atoms with E-state index in [1.807, 2.05) is 0 Å². The van der Waals surface area contributed by atoms with Crippen LogP contribution in [0.15, 0.2) is 48.6 Å². The molecule has 0 rings (SSSR count). The lowest BCUT2D eigenvalue weighted by molar-refractivity contribution is -0.143. The first-order valence-electron chi connectivity index (χ1n) is 24.9. The van der Waals surface area contributed by atoms with Crippen molar-refractivity contribution in [3.05, 3.63) is 48.6 Å². The van der Waals surface area contributed by atoms with Crippen LogP contribution < -0.4 is 5.32 Å². The summed E-state index contributed by atoms with van der Waals surface area (Å²) in [5, 5.41) is 23.1. The minimum Gasteiger partial charge on any atom is -0.466 e. The number of nitrogens with one attached hydrogen (secondary N) is 1. The number of esters is 1. The molecular formula is C52H95NO5. The van der Waals surface area contributed by atoms with Crippen LogP contribution in [0.1, 0.15) is 245 Å². The maximum atomic E-state index is 12.4. The molecule has 0 radical (unpaired) electrons. The van der Waals surface area contributed by atoms with E-state index in [9.17, 15) is 19.8 Å². The van der Waals surface area contributed by atoms with E-state index in [1.165, 1.54) is 122 Å². The van der Waals surface area contributed by atoms with E-state index in [2.05, 4.69) is 67.8 Å². The molecule has 0 aromatic rings. The Morgan fingerprint density at radius 3 is 1.47 bits per heavy atom. The summed E-state index contributed by atoms with van der Waals surface area (Å²) in [7, 11) is 0. The fourth-order valence-corrected chi connectivity index (χ4v) is 7.23. The van der Waals surface area contributed by atoms with E-state index in [0.717, 1.165) is 89.9 Å². The van der Waals surface area contributed by atoms with Crippen LogP contribution in [0.3, 0.4) is 0 Å². The number of allylic oxidation sites excluding steroid dienone is 8. The van der Waals surface area contributed by atoms with Gasteiger partial charge in [0.15, 0.2) is 0 Å². The van der Waals surface area contributed by atoms with Crippen LogP contribution in [0.5, 0.6) is 0 Å². The van der Waals surface area contributed by atoms with Crippen molar-refractivity contribution in [1.82, 2.24) is 5.32 Å². The first-order valence-corrected chi connectivity index (χ1v) is 24.9. The Bertz CT molecular complexity index is 988.